The van der Waals surface area contributed by atoms with Gasteiger partial charge in [0, 0.05) is 32.0 Å². The molecule has 2 aromatic carbocycles. The number of carbonyl (C=O) groups is 1. The summed E-state index contributed by atoms with van der Waals surface area (Å²) in [6.07, 6.45) is 4.46. The number of hydrogen-bond donors (Lipinski definition) is 2. The maximum atomic E-state index is 12.7. The topological polar surface area (TPSA) is 112 Å². The van der Waals surface area contributed by atoms with Crippen molar-refractivity contribution >= 4 is 32.5 Å². The third-order valence-electron chi connectivity index (χ3n) is 5.59. The maximum absolute atomic E-state index is 12.7. The summed E-state index contributed by atoms with van der Waals surface area (Å²) in [6, 6.07) is 12.8. The van der Waals surface area contributed by atoms with Gasteiger partial charge in [0.05, 0.1) is 10.5 Å². The molecule has 0 unspecified atom stereocenters. The van der Waals surface area contributed by atoms with E-state index in [4.69, 9.17) is 5.11 Å². The number of aliphatic hydroxyl groups excluding tert-OH is 1. The first-order chi connectivity index (χ1) is 15.0. The first kappa shape index (κ1) is 21.4. The van der Waals surface area contributed by atoms with Crippen LogP contribution in [-0.4, -0.2) is 55.5 Å². The zero-order valence-corrected chi connectivity index (χ0v) is 17.8. The minimum atomic E-state index is -3.57. The monoisotopic (exact) mass is 440 g/mol. The molecule has 4 rings (SSSR count). The summed E-state index contributed by atoms with van der Waals surface area (Å²) in [7, 11) is -3.57. The van der Waals surface area contributed by atoms with E-state index in [1.807, 2.05) is 35.2 Å². The Morgan fingerprint density at radius 1 is 1.06 bits per heavy atom. The van der Waals surface area contributed by atoms with Crippen LogP contribution in [0, 0.1) is 5.92 Å². The van der Waals surface area contributed by atoms with Crippen molar-refractivity contribution < 1.29 is 18.3 Å². The zero-order valence-electron chi connectivity index (χ0n) is 16.9. The van der Waals surface area contributed by atoms with Crippen LogP contribution < -0.4 is 9.62 Å². The molecule has 31 heavy (non-hydrogen) atoms. The van der Waals surface area contributed by atoms with Crippen LogP contribution in [0.25, 0.3) is 10.8 Å². The predicted octanol–water partition coefficient (Wildman–Crippen LogP) is 2.00. The van der Waals surface area contributed by atoms with E-state index in [1.54, 1.807) is 12.1 Å². The van der Waals surface area contributed by atoms with Gasteiger partial charge in [-0.2, -0.15) is 0 Å². The van der Waals surface area contributed by atoms with Gasteiger partial charge in [0.1, 0.15) is 6.61 Å². The SMILES string of the molecule is O=C(CO)c1cnc(N2CCC(CNS(=O)(=O)c3ccc4ccccc4c3)CC2)nc1. The van der Waals surface area contributed by atoms with E-state index < -0.39 is 22.4 Å². The van der Waals surface area contributed by atoms with Gasteiger partial charge in [-0.1, -0.05) is 30.3 Å². The summed E-state index contributed by atoms with van der Waals surface area (Å²) in [4.78, 5) is 22.2. The Labute approximate surface area is 181 Å². The Bertz CT molecular complexity index is 1170. The fraction of sp³-hybridized carbons (Fsp3) is 0.318. The number of Topliss-reactive ketones (excluding diaryl/α,β-unsaturated/α-hetero) is 1. The van der Waals surface area contributed by atoms with Gasteiger partial charge in [0.15, 0.2) is 5.78 Å². The van der Waals surface area contributed by atoms with Crippen molar-refractivity contribution in [2.45, 2.75) is 17.7 Å². The second-order valence-corrected chi connectivity index (χ2v) is 9.41. The van der Waals surface area contributed by atoms with Crippen molar-refractivity contribution in [2.24, 2.45) is 5.92 Å². The predicted molar refractivity (Wildman–Crippen MR) is 118 cm³/mol. The average Bonchev–Trinajstić information content (AvgIpc) is 2.82. The van der Waals surface area contributed by atoms with E-state index in [0.717, 1.165) is 23.6 Å². The molecule has 1 aromatic heterocycles. The number of aliphatic hydroxyl groups is 1. The molecule has 0 radical (unpaired) electrons. The van der Waals surface area contributed by atoms with E-state index in [2.05, 4.69) is 14.7 Å². The summed E-state index contributed by atoms with van der Waals surface area (Å²) in [5.41, 5.74) is 0.282. The lowest BCUT2D eigenvalue weighted by Gasteiger charge is -2.32. The summed E-state index contributed by atoms with van der Waals surface area (Å²) < 4.78 is 28.2. The molecule has 2 N–H and O–H groups in total. The average molecular weight is 441 g/mol. The molecule has 0 amide bonds. The summed E-state index contributed by atoms with van der Waals surface area (Å²) in [6.45, 7) is 1.22. The number of piperidine rings is 1. The lowest BCUT2D eigenvalue weighted by molar-refractivity contribution is 0.0903. The maximum Gasteiger partial charge on any atom is 0.240 e. The first-order valence-electron chi connectivity index (χ1n) is 10.2. The number of fused-ring (bicyclic) bond motifs is 1. The number of ketones is 1. The van der Waals surface area contributed by atoms with Gasteiger partial charge < -0.3 is 10.0 Å². The molecule has 0 atom stereocenters. The van der Waals surface area contributed by atoms with Crippen LogP contribution in [0.1, 0.15) is 23.2 Å². The molecule has 0 aliphatic carbocycles. The molecule has 0 spiro atoms. The van der Waals surface area contributed by atoms with Gasteiger partial charge in [-0.3, -0.25) is 4.79 Å². The van der Waals surface area contributed by atoms with E-state index in [1.165, 1.54) is 12.4 Å². The molecule has 3 aromatic rings. The van der Waals surface area contributed by atoms with Crippen molar-refractivity contribution in [2.75, 3.05) is 31.1 Å². The third kappa shape index (κ3) is 4.90. The van der Waals surface area contributed by atoms with Gasteiger partial charge in [0.25, 0.3) is 0 Å². The zero-order chi connectivity index (χ0) is 21.8. The largest absolute Gasteiger partial charge is 0.388 e. The van der Waals surface area contributed by atoms with Gasteiger partial charge in [-0.25, -0.2) is 23.1 Å². The number of carbonyl (C=O) groups excluding carboxylic acids is 1. The van der Waals surface area contributed by atoms with Crippen molar-refractivity contribution in [3.8, 4) is 0 Å². The molecule has 1 aliphatic heterocycles. The minimum Gasteiger partial charge on any atom is -0.388 e. The van der Waals surface area contributed by atoms with Crippen LogP contribution >= 0.6 is 0 Å². The Morgan fingerprint density at radius 3 is 2.42 bits per heavy atom. The second-order valence-electron chi connectivity index (χ2n) is 7.64. The number of sulfonamides is 1. The molecule has 1 fully saturated rings. The normalized spacial score (nSPS) is 15.3. The summed E-state index contributed by atoms with van der Waals surface area (Å²) in [5.74, 6) is 0.343. The molecule has 162 valence electrons. The smallest absolute Gasteiger partial charge is 0.240 e. The Morgan fingerprint density at radius 2 is 1.74 bits per heavy atom. The number of hydrogen-bond acceptors (Lipinski definition) is 7. The molecule has 9 heteroatoms. The number of aromatic nitrogens is 2. The Hall–Kier alpha value is -2.88. The highest BCUT2D eigenvalue weighted by atomic mass is 32.2. The fourth-order valence-electron chi connectivity index (χ4n) is 3.70. The quantitative estimate of drug-likeness (QED) is 0.540. The fourth-order valence-corrected chi connectivity index (χ4v) is 4.85. The lowest BCUT2D eigenvalue weighted by Crippen LogP contribution is -2.39. The van der Waals surface area contributed by atoms with Crippen LogP contribution in [0.3, 0.4) is 0 Å². The minimum absolute atomic E-state index is 0.224. The Balaban J connectivity index is 1.32. The molecular weight excluding hydrogens is 416 g/mol. The number of anilines is 1. The lowest BCUT2D eigenvalue weighted by atomic mass is 9.97. The molecule has 8 nitrogen and oxygen atoms in total. The highest BCUT2D eigenvalue weighted by molar-refractivity contribution is 7.89. The van der Waals surface area contributed by atoms with Crippen molar-refractivity contribution in [3.05, 3.63) is 60.4 Å². The van der Waals surface area contributed by atoms with Crippen molar-refractivity contribution in [1.29, 1.82) is 0 Å². The van der Waals surface area contributed by atoms with E-state index in [-0.39, 0.29) is 16.4 Å². The van der Waals surface area contributed by atoms with Gasteiger partial charge in [0.2, 0.25) is 16.0 Å². The molecular formula is C22H24N4O4S. The van der Waals surface area contributed by atoms with Crippen LogP contribution in [0.2, 0.25) is 0 Å². The van der Waals surface area contributed by atoms with Crippen LogP contribution in [-0.2, 0) is 10.0 Å². The van der Waals surface area contributed by atoms with E-state index in [9.17, 15) is 13.2 Å². The summed E-state index contributed by atoms with van der Waals surface area (Å²) >= 11 is 0. The molecule has 1 aliphatic rings. The molecule has 1 saturated heterocycles. The number of nitrogens with one attached hydrogen (secondary N) is 1. The van der Waals surface area contributed by atoms with Crippen LogP contribution in [0.4, 0.5) is 5.95 Å². The van der Waals surface area contributed by atoms with Gasteiger partial charge in [-0.05, 0) is 41.7 Å². The van der Waals surface area contributed by atoms with Crippen molar-refractivity contribution in [1.82, 2.24) is 14.7 Å². The third-order valence-corrected chi connectivity index (χ3v) is 7.02. The molecule has 0 bridgehead atoms. The standard InChI is InChI=1S/C22H24N4O4S/c27-15-21(28)19-13-23-22(24-14-19)26-9-7-16(8-10-26)12-25-31(29,30)20-6-5-17-3-1-2-4-18(17)11-20/h1-6,11,13-14,16,25,27H,7-10,12,15H2. The van der Waals surface area contributed by atoms with Gasteiger partial charge in [-0.15, -0.1) is 0 Å². The Kier molecular flexibility index (Phi) is 6.26. The molecule has 2 heterocycles. The van der Waals surface area contributed by atoms with Crippen molar-refractivity contribution in [3.63, 3.8) is 0 Å². The second kappa shape index (κ2) is 9.09. The number of nitrogens with zero attached hydrogens (tertiary/aromatic N) is 3. The first-order valence-corrected chi connectivity index (χ1v) is 11.6. The van der Waals surface area contributed by atoms with Crippen LogP contribution in [0.15, 0.2) is 59.8 Å². The summed E-state index contributed by atoms with van der Waals surface area (Å²) in [5, 5.41) is 10.8. The van der Waals surface area contributed by atoms with Crippen LogP contribution in [0.5, 0.6) is 0 Å². The number of rotatable bonds is 7. The highest BCUT2D eigenvalue weighted by Gasteiger charge is 2.23. The highest BCUT2D eigenvalue weighted by Crippen LogP contribution is 2.22. The molecule has 0 saturated carbocycles. The van der Waals surface area contributed by atoms with E-state index >= 15 is 0 Å². The van der Waals surface area contributed by atoms with E-state index in [0.29, 0.717) is 25.6 Å². The van der Waals surface area contributed by atoms with Gasteiger partial charge >= 0.3 is 0 Å². The number of benzene rings is 2.